The van der Waals surface area contributed by atoms with Gasteiger partial charge in [-0.3, -0.25) is 9.52 Å². The van der Waals surface area contributed by atoms with Crippen LogP contribution in [0.4, 0.5) is 11.4 Å². The molecule has 2 aromatic carbocycles. The third-order valence-corrected chi connectivity index (χ3v) is 5.71. The van der Waals surface area contributed by atoms with E-state index in [1.807, 2.05) is 26.8 Å². The first-order valence-electron chi connectivity index (χ1n) is 8.85. The number of rotatable bonds is 5. The number of anilines is 2. The Morgan fingerprint density at radius 1 is 1.15 bits per heavy atom. The number of hydrogen-bond acceptors (Lipinski definition) is 4. The summed E-state index contributed by atoms with van der Waals surface area (Å²) in [6, 6.07) is 14.0. The van der Waals surface area contributed by atoms with Crippen molar-refractivity contribution in [2.75, 3.05) is 22.8 Å². The molecule has 0 spiro atoms. The van der Waals surface area contributed by atoms with E-state index in [9.17, 15) is 13.2 Å². The quantitative estimate of drug-likeness (QED) is 0.852. The van der Waals surface area contributed by atoms with E-state index >= 15 is 0 Å². The smallest absolute Gasteiger partial charge is 0.236 e. The fourth-order valence-electron chi connectivity index (χ4n) is 3.03. The van der Waals surface area contributed by atoms with E-state index in [0.717, 1.165) is 0 Å². The predicted molar refractivity (Wildman–Crippen MR) is 106 cm³/mol. The van der Waals surface area contributed by atoms with Gasteiger partial charge in [0.05, 0.1) is 22.5 Å². The second kappa shape index (κ2) is 7.23. The first-order chi connectivity index (χ1) is 12.7. The lowest BCUT2D eigenvalue weighted by Gasteiger charge is -2.26. The molecule has 2 aromatic rings. The standard InChI is InChI=1S/C20H24N2O4S/c1-4-22-17-11-10-16(12-18(17)26-14-20(2,3)19(22)23)21-27(24,25)13-15-8-6-5-7-9-15/h5-12,21H,4,13-14H2,1-3H3. The van der Waals surface area contributed by atoms with Gasteiger partial charge in [0.2, 0.25) is 15.9 Å². The molecule has 0 aromatic heterocycles. The van der Waals surface area contributed by atoms with Crippen LogP contribution < -0.4 is 14.4 Å². The van der Waals surface area contributed by atoms with Gasteiger partial charge in [-0.1, -0.05) is 30.3 Å². The zero-order valence-electron chi connectivity index (χ0n) is 15.7. The molecule has 0 saturated heterocycles. The average molecular weight is 388 g/mol. The van der Waals surface area contributed by atoms with Gasteiger partial charge in [-0.2, -0.15) is 0 Å². The Morgan fingerprint density at radius 3 is 2.52 bits per heavy atom. The Labute approximate surface area is 160 Å². The minimum Gasteiger partial charge on any atom is -0.490 e. The molecule has 0 fully saturated rings. The second-order valence-electron chi connectivity index (χ2n) is 7.25. The number of benzene rings is 2. The molecule has 27 heavy (non-hydrogen) atoms. The summed E-state index contributed by atoms with van der Waals surface area (Å²) in [7, 11) is -3.56. The lowest BCUT2D eigenvalue weighted by Crippen LogP contribution is -2.42. The van der Waals surface area contributed by atoms with E-state index in [1.54, 1.807) is 47.4 Å². The molecule has 0 radical (unpaired) electrons. The Balaban J connectivity index is 1.86. The molecular weight excluding hydrogens is 364 g/mol. The zero-order chi connectivity index (χ0) is 19.7. The van der Waals surface area contributed by atoms with Gasteiger partial charge in [0.1, 0.15) is 12.4 Å². The van der Waals surface area contributed by atoms with Crippen molar-refractivity contribution in [3.63, 3.8) is 0 Å². The summed E-state index contributed by atoms with van der Waals surface area (Å²) < 4.78 is 33.4. The van der Waals surface area contributed by atoms with Crippen LogP contribution >= 0.6 is 0 Å². The van der Waals surface area contributed by atoms with Crippen LogP contribution in [0.15, 0.2) is 48.5 Å². The van der Waals surface area contributed by atoms with Gasteiger partial charge in [0.25, 0.3) is 0 Å². The van der Waals surface area contributed by atoms with Crippen molar-refractivity contribution >= 4 is 27.3 Å². The Bertz CT molecular complexity index is 940. The molecule has 1 N–H and O–H groups in total. The normalized spacial score (nSPS) is 16.3. The van der Waals surface area contributed by atoms with Crippen LogP contribution in [0.1, 0.15) is 26.3 Å². The van der Waals surface area contributed by atoms with Gasteiger partial charge in [-0.25, -0.2) is 8.42 Å². The summed E-state index contributed by atoms with van der Waals surface area (Å²) in [5.74, 6) is 0.370. The van der Waals surface area contributed by atoms with Gasteiger partial charge in [0.15, 0.2) is 0 Å². The van der Waals surface area contributed by atoms with Crippen LogP contribution in [0.2, 0.25) is 0 Å². The topological polar surface area (TPSA) is 75.7 Å². The number of nitrogens with zero attached hydrogens (tertiary/aromatic N) is 1. The minimum absolute atomic E-state index is 0.0128. The number of nitrogens with one attached hydrogen (secondary N) is 1. The number of ether oxygens (including phenoxy) is 1. The van der Waals surface area contributed by atoms with E-state index in [2.05, 4.69) is 4.72 Å². The van der Waals surface area contributed by atoms with Crippen LogP contribution in [-0.2, 0) is 20.6 Å². The van der Waals surface area contributed by atoms with Crippen LogP contribution in [0.3, 0.4) is 0 Å². The second-order valence-corrected chi connectivity index (χ2v) is 8.97. The highest BCUT2D eigenvalue weighted by Crippen LogP contribution is 2.38. The molecule has 6 nitrogen and oxygen atoms in total. The van der Waals surface area contributed by atoms with Crippen molar-refractivity contribution in [2.24, 2.45) is 5.41 Å². The van der Waals surface area contributed by atoms with E-state index in [0.29, 0.717) is 29.2 Å². The number of amides is 1. The van der Waals surface area contributed by atoms with E-state index in [-0.39, 0.29) is 18.3 Å². The summed E-state index contributed by atoms with van der Waals surface area (Å²) in [5, 5.41) is 0. The molecule has 0 saturated carbocycles. The monoisotopic (exact) mass is 388 g/mol. The third-order valence-electron chi connectivity index (χ3n) is 4.45. The maximum atomic E-state index is 12.7. The summed E-state index contributed by atoms with van der Waals surface area (Å²) >= 11 is 0. The molecule has 1 heterocycles. The van der Waals surface area contributed by atoms with Crippen molar-refractivity contribution < 1.29 is 17.9 Å². The fourth-order valence-corrected chi connectivity index (χ4v) is 4.22. The maximum absolute atomic E-state index is 12.7. The summed E-state index contributed by atoms with van der Waals surface area (Å²) in [6.07, 6.45) is 0. The summed E-state index contributed by atoms with van der Waals surface area (Å²) in [4.78, 5) is 14.4. The van der Waals surface area contributed by atoms with E-state index in [1.165, 1.54) is 0 Å². The number of carbonyl (C=O) groups excluding carboxylic acids is 1. The lowest BCUT2D eigenvalue weighted by atomic mass is 9.93. The molecule has 1 aliphatic heterocycles. The van der Waals surface area contributed by atoms with Gasteiger partial charge in [-0.05, 0) is 38.5 Å². The first kappa shape index (κ1) is 19.2. The van der Waals surface area contributed by atoms with Crippen molar-refractivity contribution in [3.8, 4) is 5.75 Å². The molecule has 144 valence electrons. The first-order valence-corrected chi connectivity index (χ1v) is 10.5. The molecule has 0 unspecified atom stereocenters. The molecule has 1 amide bonds. The molecule has 0 aliphatic carbocycles. The Kier molecular flexibility index (Phi) is 5.15. The number of fused-ring (bicyclic) bond motifs is 1. The molecular formula is C20H24N2O4S. The molecule has 7 heteroatoms. The van der Waals surface area contributed by atoms with Gasteiger partial charge < -0.3 is 9.64 Å². The van der Waals surface area contributed by atoms with Gasteiger partial charge >= 0.3 is 0 Å². The summed E-state index contributed by atoms with van der Waals surface area (Å²) in [6.45, 7) is 6.33. The van der Waals surface area contributed by atoms with E-state index in [4.69, 9.17) is 4.74 Å². The van der Waals surface area contributed by atoms with Crippen LogP contribution in [0.5, 0.6) is 5.75 Å². The average Bonchev–Trinajstić information content (AvgIpc) is 2.70. The number of hydrogen-bond donors (Lipinski definition) is 1. The van der Waals surface area contributed by atoms with Crippen LogP contribution in [-0.4, -0.2) is 27.5 Å². The van der Waals surface area contributed by atoms with Crippen molar-refractivity contribution in [2.45, 2.75) is 26.5 Å². The highest BCUT2D eigenvalue weighted by molar-refractivity contribution is 7.91. The van der Waals surface area contributed by atoms with E-state index < -0.39 is 15.4 Å². The SMILES string of the molecule is CCN1C(=O)C(C)(C)COc2cc(NS(=O)(=O)Cc3ccccc3)ccc21. The number of carbonyl (C=O) groups is 1. The fraction of sp³-hybridized carbons (Fsp3) is 0.350. The highest BCUT2D eigenvalue weighted by Gasteiger charge is 2.37. The zero-order valence-corrected chi connectivity index (χ0v) is 16.5. The molecule has 0 bridgehead atoms. The number of sulfonamides is 1. The minimum atomic E-state index is -3.56. The lowest BCUT2D eigenvalue weighted by molar-refractivity contribution is -0.127. The largest absolute Gasteiger partial charge is 0.490 e. The maximum Gasteiger partial charge on any atom is 0.236 e. The predicted octanol–water partition coefficient (Wildman–Crippen LogP) is 3.40. The van der Waals surface area contributed by atoms with Gasteiger partial charge in [0, 0.05) is 12.6 Å². The van der Waals surface area contributed by atoms with Crippen molar-refractivity contribution in [3.05, 3.63) is 54.1 Å². The van der Waals surface area contributed by atoms with Crippen molar-refractivity contribution in [1.82, 2.24) is 0 Å². The summed E-state index contributed by atoms with van der Waals surface area (Å²) in [5.41, 5.74) is 1.12. The molecule has 1 aliphatic rings. The van der Waals surface area contributed by atoms with Crippen LogP contribution in [0, 0.1) is 5.41 Å². The van der Waals surface area contributed by atoms with Gasteiger partial charge in [-0.15, -0.1) is 0 Å². The Morgan fingerprint density at radius 2 is 1.85 bits per heavy atom. The highest BCUT2D eigenvalue weighted by atomic mass is 32.2. The Hall–Kier alpha value is -2.54. The molecule has 3 rings (SSSR count). The third kappa shape index (κ3) is 4.24. The van der Waals surface area contributed by atoms with Crippen LogP contribution in [0.25, 0.3) is 0 Å². The van der Waals surface area contributed by atoms with Crippen molar-refractivity contribution in [1.29, 1.82) is 0 Å². The molecule has 0 atom stereocenters.